The Labute approximate surface area is 132 Å². The lowest BCUT2D eigenvalue weighted by atomic mass is 9.98. The molecule has 23 heavy (non-hydrogen) atoms. The van der Waals surface area contributed by atoms with Gasteiger partial charge in [-0.15, -0.1) is 0 Å². The lowest BCUT2D eigenvalue weighted by Gasteiger charge is -2.07. The van der Waals surface area contributed by atoms with Crippen LogP contribution in [0.3, 0.4) is 0 Å². The summed E-state index contributed by atoms with van der Waals surface area (Å²) in [4.78, 5) is 15.1. The molecule has 1 aromatic carbocycles. The molecule has 3 rings (SSSR count). The van der Waals surface area contributed by atoms with Crippen LogP contribution in [0.5, 0.6) is 0 Å². The molecule has 1 aliphatic carbocycles. The Morgan fingerprint density at radius 1 is 1.43 bits per heavy atom. The molecule has 0 fully saturated rings. The number of hydrogen-bond donors (Lipinski definition) is 0. The van der Waals surface area contributed by atoms with Gasteiger partial charge in [0.1, 0.15) is 5.58 Å². The van der Waals surface area contributed by atoms with Gasteiger partial charge in [-0.3, -0.25) is 0 Å². The van der Waals surface area contributed by atoms with Gasteiger partial charge in [-0.25, -0.2) is 14.9 Å². The molecule has 4 nitrogen and oxygen atoms in total. The molecule has 0 N–H and O–H groups in total. The van der Waals surface area contributed by atoms with E-state index in [9.17, 15) is 4.79 Å². The van der Waals surface area contributed by atoms with Gasteiger partial charge in [0.2, 0.25) is 0 Å². The van der Waals surface area contributed by atoms with Gasteiger partial charge < -0.3 is 4.42 Å². The van der Waals surface area contributed by atoms with E-state index in [1.54, 1.807) is 18.2 Å². The fraction of sp³-hybridized carbons (Fsp3) is 0.105. The average Bonchev–Trinajstić information content (AvgIpc) is 2.53. The first-order chi connectivity index (χ1) is 11.2. The van der Waals surface area contributed by atoms with E-state index in [4.69, 9.17) is 16.3 Å². The van der Waals surface area contributed by atoms with Crippen molar-refractivity contribution in [2.24, 2.45) is 0 Å². The van der Waals surface area contributed by atoms with Crippen LogP contribution in [0.2, 0.25) is 0 Å². The number of allylic oxidation sites excluding steroid dienone is 3. The number of nitrogens with zero attached hydrogens (tertiary/aromatic N) is 2. The Hall–Kier alpha value is -3.55. The predicted molar refractivity (Wildman–Crippen MR) is 87.0 cm³/mol. The number of hydrogen-bond acceptors (Lipinski definition) is 3. The Bertz CT molecular complexity index is 1050. The van der Waals surface area contributed by atoms with E-state index in [1.165, 1.54) is 6.08 Å². The van der Waals surface area contributed by atoms with E-state index in [1.807, 2.05) is 18.2 Å². The first-order valence-corrected chi connectivity index (χ1v) is 6.98. The summed E-state index contributed by atoms with van der Waals surface area (Å²) in [7, 11) is 0. The highest BCUT2D eigenvalue weighted by Gasteiger charge is 2.09. The zero-order chi connectivity index (χ0) is 16.2. The minimum absolute atomic E-state index is 0.154. The van der Waals surface area contributed by atoms with Gasteiger partial charge in [0.15, 0.2) is 0 Å². The summed E-state index contributed by atoms with van der Waals surface area (Å²) >= 11 is 0. The molecular formula is C19H10N2O2. The van der Waals surface area contributed by atoms with Crippen molar-refractivity contribution in [3.8, 4) is 17.9 Å². The van der Waals surface area contributed by atoms with Gasteiger partial charge in [0.25, 0.3) is 5.70 Å². The molecule has 0 radical (unpaired) electrons. The fourth-order valence-corrected chi connectivity index (χ4v) is 2.39. The third-order valence-corrected chi connectivity index (χ3v) is 3.50. The Morgan fingerprint density at radius 3 is 3.09 bits per heavy atom. The highest BCUT2D eigenvalue weighted by molar-refractivity contribution is 5.82. The lowest BCUT2D eigenvalue weighted by Crippen LogP contribution is -2.03. The van der Waals surface area contributed by atoms with Crippen LogP contribution < -0.4 is 5.63 Å². The summed E-state index contributed by atoms with van der Waals surface area (Å²) < 4.78 is 5.32. The zero-order valence-electron chi connectivity index (χ0n) is 12.1. The molecule has 108 valence electrons. The predicted octanol–water partition coefficient (Wildman–Crippen LogP) is 3.43. The van der Waals surface area contributed by atoms with Crippen LogP contribution in [0.4, 0.5) is 0 Å². The minimum Gasteiger partial charge on any atom is -0.422 e. The lowest BCUT2D eigenvalue weighted by molar-refractivity contribution is 0.559. The number of fused-ring (bicyclic) bond motifs is 2. The molecule has 0 bridgehead atoms. The van der Waals surface area contributed by atoms with Gasteiger partial charge in [-0.2, -0.15) is 0 Å². The van der Waals surface area contributed by atoms with Gasteiger partial charge in [-0.1, -0.05) is 17.9 Å². The Balaban J connectivity index is 2.22. The van der Waals surface area contributed by atoms with E-state index in [0.717, 1.165) is 29.4 Å². The van der Waals surface area contributed by atoms with Crippen LogP contribution in [0.25, 0.3) is 21.9 Å². The molecule has 0 spiro atoms. The molecule has 0 saturated heterocycles. The van der Waals surface area contributed by atoms with Crippen LogP contribution in [0, 0.1) is 29.7 Å². The first-order valence-electron chi connectivity index (χ1n) is 6.98. The van der Waals surface area contributed by atoms with Gasteiger partial charge in [0, 0.05) is 10.9 Å². The van der Waals surface area contributed by atoms with Crippen molar-refractivity contribution < 1.29 is 4.42 Å². The minimum atomic E-state index is -0.576. The number of aryl methyl sites for hydroxylation is 1. The number of nitriles is 1. The third-order valence-electron chi connectivity index (χ3n) is 3.50. The average molecular weight is 298 g/mol. The maximum Gasteiger partial charge on any atom is 0.342 e. The van der Waals surface area contributed by atoms with Crippen LogP contribution in [0.15, 0.2) is 45.3 Å². The highest BCUT2D eigenvalue weighted by Crippen LogP contribution is 2.22. The smallest absolute Gasteiger partial charge is 0.342 e. The molecular weight excluding hydrogens is 288 g/mol. The van der Waals surface area contributed by atoms with Gasteiger partial charge >= 0.3 is 5.63 Å². The molecule has 0 amide bonds. The van der Waals surface area contributed by atoms with Crippen LogP contribution in [0.1, 0.15) is 23.1 Å². The van der Waals surface area contributed by atoms with Gasteiger partial charge in [-0.05, 0) is 48.8 Å². The summed E-state index contributed by atoms with van der Waals surface area (Å²) in [5.74, 6) is 5.99. The van der Waals surface area contributed by atoms with Crippen molar-refractivity contribution in [1.82, 2.24) is 0 Å². The van der Waals surface area contributed by atoms with Crippen molar-refractivity contribution in [1.29, 1.82) is 5.26 Å². The van der Waals surface area contributed by atoms with Crippen LogP contribution in [-0.2, 0) is 6.42 Å². The molecule has 1 aromatic heterocycles. The zero-order valence-corrected chi connectivity index (χ0v) is 12.1. The highest BCUT2D eigenvalue weighted by atomic mass is 16.4. The van der Waals surface area contributed by atoms with Gasteiger partial charge in [0.05, 0.1) is 18.2 Å². The maximum atomic E-state index is 12.0. The van der Waals surface area contributed by atoms with Crippen molar-refractivity contribution in [3.63, 3.8) is 0 Å². The summed E-state index contributed by atoms with van der Waals surface area (Å²) in [6, 6.07) is 7.10. The van der Waals surface area contributed by atoms with E-state index in [0.29, 0.717) is 5.58 Å². The van der Waals surface area contributed by atoms with Crippen LogP contribution in [-0.4, -0.2) is 0 Å². The normalized spacial score (nSPS) is 14.4. The molecule has 2 aromatic rings. The van der Waals surface area contributed by atoms with Crippen molar-refractivity contribution in [2.75, 3.05) is 0 Å². The standard InChI is InChI=1S/C19H10N2O2/c1-21-17(12-20)10-16-9-15-8-13-6-4-2-3-5-7-14(13)11-18(15)23-19(16)22/h2-3,8-11H,4,6H2/b3-2-,17-10+. The molecule has 0 aliphatic heterocycles. The van der Waals surface area contributed by atoms with E-state index < -0.39 is 5.63 Å². The van der Waals surface area contributed by atoms with Crippen molar-refractivity contribution >= 4 is 17.0 Å². The maximum absolute atomic E-state index is 12.0. The molecule has 0 unspecified atom stereocenters. The second-order valence-corrected chi connectivity index (χ2v) is 5.00. The summed E-state index contributed by atoms with van der Waals surface area (Å²) in [5, 5.41) is 9.57. The Kier molecular flexibility index (Phi) is 3.79. The summed E-state index contributed by atoms with van der Waals surface area (Å²) in [5.41, 5.74) is 1.86. The quantitative estimate of drug-likeness (QED) is 0.351. The second-order valence-electron chi connectivity index (χ2n) is 5.00. The fourth-order valence-electron chi connectivity index (χ4n) is 2.39. The molecule has 1 heterocycles. The van der Waals surface area contributed by atoms with E-state index in [2.05, 4.69) is 16.7 Å². The number of benzene rings is 1. The van der Waals surface area contributed by atoms with Crippen molar-refractivity contribution in [3.05, 3.63) is 74.6 Å². The third kappa shape index (κ3) is 2.91. The molecule has 0 saturated carbocycles. The summed E-state index contributed by atoms with van der Waals surface area (Å²) in [6.45, 7) is 6.89. The van der Waals surface area contributed by atoms with Crippen molar-refractivity contribution in [2.45, 2.75) is 12.8 Å². The first kappa shape index (κ1) is 14.4. The number of rotatable bonds is 1. The Morgan fingerprint density at radius 2 is 2.30 bits per heavy atom. The SMILES string of the molecule is [C-]#[N+]/C(C#N)=C/c1cc2cc3c(cc2oc1=O)C#C/C=C\CC3. The molecule has 1 aliphatic rings. The largest absolute Gasteiger partial charge is 0.422 e. The monoisotopic (exact) mass is 298 g/mol. The second kappa shape index (κ2) is 6.06. The van der Waals surface area contributed by atoms with Crippen LogP contribution >= 0.6 is 0 Å². The van der Waals surface area contributed by atoms with E-state index >= 15 is 0 Å². The summed E-state index contributed by atoms with van der Waals surface area (Å²) in [6.07, 6.45) is 6.84. The molecule has 4 heteroatoms. The topological polar surface area (TPSA) is 58.4 Å². The molecule has 0 atom stereocenters. The van der Waals surface area contributed by atoms with E-state index in [-0.39, 0.29) is 11.3 Å².